The molecule has 6 nitrogen and oxygen atoms in total. The minimum atomic E-state index is -0.626. The predicted octanol–water partition coefficient (Wildman–Crippen LogP) is 2.57. The van der Waals surface area contributed by atoms with Crippen LogP contribution in [0.5, 0.6) is 0 Å². The van der Waals surface area contributed by atoms with E-state index in [0.717, 1.165) is 5.56 Å². The van der Waals surface area contributed by atoms with Gasteiger partial charge >= 0.3 is 11.9 Å². The standard InChI is InChI=1S/C20H27NO5/c1-13(22)21-20(4)17(12-25-14(2)23)10-18(26-15(3)24)11-19(20)16-8-6-5-7-9-16/h5-9,17-19H,10-12H2,1-4H3,(H,21,22)/t17-,18-,19-,20+/m0/s1. The lowest BCUT2D eigenvalue weighted by Crippen LogP contribution is -2.60. The van der Waals surface area contributed by atoms with Gasteiger partial charge in [-0.3, -0.25) is 14.4 Å². The van der Waals surface area contributed by atoms with E-state index in [1.807, 2.05) is 37.3 Å². The minimum Gasteiger partial charge on any atom is -0.465 e. The molecule has 0 aliphatic heterocycles. The number of hydrogen-bond donors (Lipinski definition) is 1. The molecule has 0 aromatic heterocycles. The second-order valence-electron chi connectivity index (χ2n) is 7.13. The van der Waals surface area contributed by atoms with Gasteiger partial charge in [-0.1, -0.05) is 30.3 Å². The number of amides is 1. The monoisotopic (exact) mass is 361 g/mol. The van der Waals surface area contributed by atoms with Crippen molar-refractivity contribution in [2.45, 2.75) is 58.1 Å². The molecule has 1 fully saturated rings. The number of hydrogen-bond acceptors (Lipinski definition) is 5. The number of ether oxygens (including phenoxy) is 2. The Balaban J connectivity index is 2.41. The first kappa shape index (κ1) is 19.9. The molecule has 1 aromatic rings. The van der Waals surface area contributed by atoms with Gasteiger partial charge in [-0.15, -0.1) is 0 Å². The van der Waals surface area contributed by atoms with Gasteiger partial charge in [0.1, 0.15) is 6.10 Å². The molecule has 2 rings (SSSR count). The molecule has 26 heavy (non-hydrogen) atoms. The van der Waals surface area contributed by atoms with Gasteiger partial charge in [0.05, 0.1) is 12.1 Å². The number of benzene rings is 1. The molecule has 6 heteroatoms. The van der Waals surface area contributed by atoms with Crippen molar-refractivity contribution in [3.05, 3.63) is 35.9 Å². The molecule has 0 heterocycles. The zero-order valence-electron chi connectivity index (χ0n) is 15.8. The van der Waals surface area contributed by atoms with Crippen molar-refractivity contribution in [2.75, 3.05) is 6.61 Å². The summed E-state index contributed by atoms with van der Waals surface area (Å²) in [6, 6.07) is 9.83. The number of carbonyl (C=O) groups is 3. The predicted molar refractivity (Wildman–Crippen MR) is 96.3 cm³/mol. The van der Waals surface area contributed by atoms with Crippen LogP contribution < -0.4 is 5.32 Å². The van der Waals surface area contributed by atoms with Crippen LogP contribution in [0, 0.1) is 5.92 Å². The molecule has 0 bridgehead atoms. The first-order valence-corrected chi connectivity index (χ1v) is 8.86. The SMILES string of the molecule is CC(=O)N[C@]1(C)[C@H](COC(C)=O)C[C@H](OC(C)=O)C[C@H]1c1ccccc1. The van der Waals surface area contributed by atoms with Crippen LogP contribution in [-0.4, -0.2) is 36.1 Å². The van der Waals surface area contributed by atoms with Crippen LogP contribution in [0.1, 0.15) is 52.0 Å². The zero-order chi connectivity index (χ0) is 19.3. The van der Waals surface area contributed by atoms with Gasteiger partial charge in [-0.05, 0) is 25.3 Å². The fraction of sp³-hybridized carbons (Fsp3) is 0.550. The molecule has 0 spiro atoms. The summed E-state index contributed by atoms with van der Waals surface area (Å²) in [6.07, 6.45) is 0.823. The largest absolute Gasteiger partial charge is 0.465 e. The molecule has 142 valence electrons. The smallest absolute Gasteiger partial charge is 0.302 e. The van der Waals surface area contributed by atoms with Gasteiger partial charge in [0.25, 0.3) is 0 Å². The van der Waals surface area contributed by atoms with E-state index in [-0.39, 0.29) is 42.4 Å². The molecule has 1 saturated carbocycles. The Kier molecular flexibility index (Phi) is 6.40. The Morgan fingerprint density at radius 2 is 1.73 bits per heavy atom. The lowest BCUT2D eigenvalue weighted by molar-refractivity contribution is -0.155. The van der Waals surface area contributed by atoms with Crippen LogP contribution in [0.2, 0.25) is 0 Å². The second-order valence-corrected chi connectivity index (χ2v) is 7.13. The van der Waals surface area contributed by atoms with Crippen LogP contribution in [0.25, 0.3) is 0 Å². The van der Waals surface area contributed by atoms with E-state index in [9.17, 15) is 14.4 Å². The molecule has 1 aromatic carbocycles. The maximum Gasteiger partial charge on any atom is 0.302 e. The normalized spacial score (nSPS) is 28.1. The number of carbonyl (C=O) groups excluding carboxylic acids is 3. The number of esters is 2. The van der Waals surface area contributed by atoms with Crippen LogP contribution >= 0.6 is 0 Å². The van der Waals surface area contributed by atoms with Gasteiger partial charge in [0.2, 0.25) is 5.91 Å². The Labute approximate surface area is 154 Å². The van der Waals surface area contributed by atoms with E-state index in [4.69, 9.17) is 9.47 Å². The van der Waals surface area contributed by atoms with Crippen molar-refractivity contribution in [3.63, 3.8) is 0 Å². The Morgan fingerprint density at radius 3 is 2.27 bits per heavy atom. The number of nitrogens with one attached hydrogen (secondary N) is 1. The van der Waals surface area contributed by atoms with Crippen molar-refractivity contribution >= 4 is 17.8 Å². The number of rotatable bonds is 5. The maximum atomic E-state index is 11.9. The Bertz CT molecular complexity index is 659. The molecular formula is C20H27NO5. The first-order valence-electron chi connectivity index (χ1n) is 8.86. The molecule has 1 aliphatic carbocycles. The highest BCUT2D eigenvalue weighted by Crippen LogP contribution is 2.45. The first-order chi connectivity index (χ1) is 12.2. The summed E-state index contributed by atoms with van der Waals surface area (Å²) in [4.78, 5) is 34.8. The fourth-order valence-electron chi connectivity index (χ4n) is 3.98. The average Bonchev–Trinajstić information content (AvgIpc) is 2.54. The third-order valence-corrected chi connectivity index (χ3v) is 5.09. The van der Waals surface area contributed by atoms with Crippen LogP contribution in [0.3, 0.4) is 0 Å². The summed E-state index contributed by atoms with van der Waals surface area (Å²) >= 11 is 0. The van der Waals surface area contributed by atoms with Gasteiger partial charge in [-0.25, -0.2) is 0 Å². The van der Waals surface area contributed by atoms with Crippen LogP contribution in [0.15, 0.2) is 30.3 Å². The van der Waals surface area contributed by atoms with Gasteiger partial charge in [-0.2, -0.15) is 0 Å². The molecule has 1 aliphatic rings. The van der Waals surface area contributed by atoms with Crippen LogP contribution in [-0.2, 0) is 23.9 Å². The van der Waals surface area contributed by atoms with Crippen molar-refractivity contribution in [3.8, 4) is 0 Å². The van der Waals surface area contributed by atoms with Gasteiger partial charge in [0.15, 0.2) is 0 Å². The fourth-order valence-corrected chi connectivity index (χ4v) is 3.98. The van der Waals surface area contributed by atoms with E-state index in [0.29, 0.717) is 12.8 Å². The van der Waals surface area contributed by atoms with Crippen molar-refractivity contribution in [1.82, 2.24) is 5.32 Å². The molecule has 0 radical (unpaired) electrons. The van der Waals surface area contributed by atoms with Crippen molar-refractivity contribution in [2.24, 2.45) is 5.92 Å². The average molecular weight is 361 g/mol. The molecular weight excluding hydrogens is 334 g/mol. The summed E-state index contributed by atoms with van der Waals surface area (Å²) in [6.45, 7) is 6.36. The van der Waals surface area contributed by atoms with Gasteiger partial charge < -0.3 is 14.8 Å². The molecule has 4 atom stereocenters. The highest BCUT2D eigenvalue weighted by molar-refractivity contribution is 5.74. The summed E-state index contributed by atoms with van der Waals surface area (Å²) in [7, 11) is 0. The maximum absolute atomic E-state index is 11.9. The Hall–Kier alpha value is -2.37. The molecule has 1 amide bonds. The lowest BCUT2D eigenvalue weighted by Gasteiger charge is -2.49. The minimum absolute atomic E-state index is 0.0775. The van der Waals surface area contributed by atoms with E-state index < -0.39 is 5.54 Å². The molecule has 0 saturated heterocycles. The van der Waals surface area contributed by atoms with E-state index in [1.54, 1.807) is 0 Å². The van der Waals surface area contributed by atoms with Crippen molar-refractivity contribution in [1.29, 1.82) is 0 Å². The third kappa shape index (κ3) is 4.84. The van der Waals surface area contributed by atoms with E-state index in [1.165, 1.54) is 20.8 Å². The second kappa shape index (κ2) is 8.34. The summed E-state index contributed by atoms with van der Waals surface area (Å²) in [5, 5.41) is 3.08. The Morgan fingerprint density at radius 1 is 1.08 bits per heavy atom. The highest BCUT2D eigenvalue weighted by Gasteiger charge is 2.49. The van der Waals surface area contributed by atoms with E-state index in [2.05, 4.69) is 5.32 Å². The lowest BCUT2D eigenvalue weighted by atomic mass is 9.63. The summed E-state index contributed by atoms with van der Waals surface area (Å²) < 4.78 is 10.8. The topological polar surface area (TPSA) is 81.7 Å². The van der Waals surface area contributed by atoms with Crippen molar-refractivity contribution < 1.29 is 23.9 Å². The highest BCUT2D eigenvalue weighted by atomic mass is 16.5. The van der Waals surface area contributed by atoms with Gasteiger partial charge in [0, 0.05) is 32.6 Å². The third-order valence-electron chi connectivity index (χ3n) is 5.09. The quantitative estimate of drug-likeness (QED) is 0.815. The van der Waals surface area contributed by atoms with Crippen LogP contribution in [0.4, 0.5) is 0 Å². The summed E-state index contributed by atoms with van der Waals surface area (Å²) in [5.41, 5.74) is 0.424. The molecule has 0 unspecified atom stereocenters. The zero-order valence-corrected chi connectivity index (χ0v) is 15.8. The summed E-state index contributed by atoms with van der Waals surface area (Å²) in [5.74, 6) is -1.12. The van der Waals surface area contributed by atoms with E-state index >= 15 is 0 Å². The molecule has 1 N–H and O–H groups in total.